The summed E-state index contributed by atoms with van der Waals surface area (Å²) in [6.45, 7) is 0. The Hall–Kier alpha value is -0.720. The van der Waals surface area contributed by atoms with E-state index < -0.39 is 33.7 Å². The molecule has 0 heterocycles. The average Bonchev–Trinajstić information content (AvgIpc) is 1.79. The minimum atomic E-state index is -4.84. The molecule has 0 aliphatic carbocycles. The Morgan fingerprint density at radius 3 is 1.69 bits per heavy atom. The molecule has 0 aliphatic rings. The second-order valence-electron chi connectivity index (χ2n) is 1.94. The van der Waals surface area contributed by atoms with E-state index in [2.05, 4.69) is 0 Å². The van der Waals surface area contributed by atoms with Crippen molar-refractivity contribution in [3.8, 4) is 0 Å². The molecule has 0 fully saturated rings. The van der Waals surface area contributed by atoms with E-state index in [1.165, 1.54) is 0 Å². The Kier molecular flexibility index (Phi) is 5.81. The van der Waals surface area contributed by atoms with Crippen molar-refractivity contribution in [2.24, 2.45) is 0 Å². The molecule has 0 aromatic heterocycles. The van der Waals surface area contributed by atoms with Gasteiger partial charge < -0.3 is 10.2 Å². The highest BCUT2D eigenvalue weighted by Crippen LogP contribution is 2.04. The van der Waals surface area contributed by atoms with E-state index in [-0.39, 0.29) is 9.90 Å². The molecule has 0 bridgehead atoms. The van der Waals surface area contributed by atoms with Gasteiger partial charge in [-0.1, -0.05) is 0 Å². The Balaban J connectivity index is 0. The predicted molar refractivity (Wildman–Crippen MR) is 46.3 cm³/mol. The van der Waals surface area contributed by atoms with Crippen molar-refractivity contribution in [3.63, 3.8) is 0 Å². The number of aliphatic carboxylic acids is 2. The van der Waals surface area contributed by atoms with Crippen LogP contribution < -0.4 is 0 Å². The molecule has 78 valence electrons. The first-order valence-corrected chi connectivity index (χ1v) is 4.16. The fraction of sp³-hybridized carbons (Fsp3) is 0.500. The summed E-state index contributed by atoms with van der Waals surface area (Å²) in [7, 11) is -4.84. The number of carbonyl (C=O) groups is 2. The lowest BCUT2D eigenvalue weighted by Crippen LogP contribution is -2.31. The first-order valence-electron chi connectivity index (χ1n) is 2.66. The van der Waals surface area contributed by atoms with Crippen LogP contribution in [0.3, 0.4) is 0 Å². The molecule has 2 unspecified atom stereocenters. The lowest BCUT2D eigenvalue weighted by Gasteiger charge is -2.04. The highest BCUT2D eigenvalue weighted by Gasteiger charge is 2.33. The van der Waals surface area contributed by atoms with E-state index >= 15 is 0 Å². The third-order valence-corrected chi connectivity index (χ3v) is 2.08. The van der Waals surface area contributed by atoms with Crippen LogP contribution in [0.25, 0.3) is 0 Å². The molecule has 9 heteroatoms. The van der Waals surface area contributed by atoms with Gasteiger partial charge in [-0.15, -0.1) is 0 Å². The van der Waals surface area contributed by atoms with E-state index in [0.717, 1.165) is 0 Å². The smallest absolute Gasteiger partial charge is 0.325 e. The van der Waals surface area contributed by atoms with Crippen molar-refractivity contribution in [1.29, 1.82) is 0 Å². The van der Waals surface area contributed by atoms with Gasteiger partial charge in [-0.25, -0.2) is 0 Å². The summed E-state index contributed by atoms with van der Waals surface area (Å²) in [5.74, 6) is -3.50. The normalized spacial score (nSPS) is 12.7. The number of carboxylic acid groups (broad SMARTS) is 2. The van der Waals surface area contributed by atoms with Gasteiger partial charge >= 0.3 is 11.9 Å². The third-order valence-electron chi connectivity index (χ3n) is 0.995. The first kappa shape index (κ1) is 14.8. The van der Waals surface area contributed by atoms with Gasteiger partial charge in [-0.2, -0.15) is 18.3 Å². The van der Waals surface area contributed by atoms with Crippen LogP contribution in [0.4, 0.5) is 0 Å². The van der Waals surface area contributed by atoms with E-state index in [1.807, 2.05) is 0 Å². The zero-order valence-corrected chi connectivity index (χ0v) is 8.61. The maximum atomic E-state index is 10.2. The van der Waals surface area contributed by atoms with Crippen molar-refractivity contribution >= 4 is 32.0 Å². The third kappa shape index (κ3) is 5.51. The highest BCUT2D eigenvalue weighted by molar-refractivity contribution is 7.87. The maximum Gasteiger partial charge on any atom is 0.325 e. The monoisotopic (exact) mass is 232 g/mol. The summed E-state index contributed by atoms with van der Waals surface area (Å²) in [5, 5.41) is 13.9. The molecule has 0 spiro atoms. The topological polar surface area (TPSA) is 129 Å². The Bertz CT molecular complexity index is 294. The summed E-state index contributed by atoms with van der Waals surface area (Å²) in [5.41, 5.74) is 0. The van der Waals surface area contributed by atoms with Crippen molar-refractivity contribution in [2.45, 2.75) is 11.7 Å². The molecule has 0 aromatic carbocycles. The van der Waals surface area contributed by atoms with Gasteiger partial charge in [-0.3, -0.25) is 14.1 Å². The molecule has 0 amide bonds. The van der Waals surface area contributed by atoms with Crippen molar-refractivity contribution in [1.82, 2.24) is 0 Å². The number of rotatable bonds is 4. The summed E-state index contributed by atoms with van der Waals surface area (Å²) < 4.78 is 28.7. The van der Waals surface area contributed by atoms with E-state index in [4.69, 9.17) is 14.8 Å². The molecule has 2 atom stereocenters. The Morgan fingerprint density at radius 2 is 1.62 bits per heavy atom. The van der Waals surface area contributed by atoms with Crippen LogP contribution in [0.15, 0.2) is 0 Å². The summed E-state index contributed by atoms with van der Waals surface area (Å²) in [6.07, 6.45) is -1.16. The van der Waals surface area contributed by atoms with Gasteiger partial charge in [0.1, 0.15) is 0 Å². The van der Waals surface area contributed by atoms with Crippen molar-refractivity contribution in [3.05, 3.63) is 0 Å². The number of carboxylic acids is 2. The van der Waals surface area contributed by atoms with Crippen molar-refractivity contribution in [2.75, 3.05) is 0 Å². The van der Waals surface area contributed by atoms with Gasteiger partial charge in [0, 0.05) is 0 Å². The lowest BCUT2D eigenvalue weighted by molar-refractivity contribution is -0.143. The fourth-order valence-corrected chi connectivity index (χ4v) is 1.09. The molecule has 0 radical (unpaired) electrons. The second kappa shape index (κ2) is 5.11. The van der Waals surface area contributed by atoms with Gasteiger partial charge in [0.15, 0.2) is 5.25 Å². The van der Waals surface area contributed by atoms with Crippen LogP contribution in [0.1, 0.15) is 6.42 Å². The van der Waals surface area contributed by atoms with Crippen LogP contribution in [0, 0.1) is 0 Å². The van der Waals surface area contributed by atoms with Gasteiger partial charge in [-0.05, 0) is 0 Å². The molecule has 7 nitrogen and oxygen atoms in total. The molecule has 0 aromatic rings. The minimum Gasteiger partial charge on any atom is -0.481 e. The van der Waals surface area contributed by atoms with Gasteiger partial charge in [0.05, 0.1) is 6.42 Å². The van der Waals surface area contributed by atoms with E-state index in [1.54, 1.807) is 0 Å². The second-order valence-corrected chi connectivity index (χ2v) is 3.54. The largest absolute Gasteiger partial charge is 0.481 e. The van der Waals surface area contributed by atoms with Gasteiger partial charge in [0.2, 0.25) is 0 Å². The minimum absolute atomic E-state index is 0. The molecular formula is C4H9O7PS. The molecule has 0 rings (SSSR count). The highest BCUT2D eigenvalue weighted by atomic mass is 32.2. The predicted octanol–water partition coefficient (Wildman–Crippen LogP) is -1.14. The SMILES string of the molecule is O=C(O)CC(C(=O)O)S(=O)(=O)O.P. The van der Waals surface area contributed by atoms with Crippen LogP contribution in [0.5, 0.6) is 0 Å². The van der Waals surface area contributed by atoms with Crippen LogP contribution in [0.2, 0.25) is 0 Å². The molecule has 0 aliphatic heterocycles. The molecule has 0 saturated heterocycles. The van der Waals surface area contributed by atoms with E-state index in [9.17, 15) is 18.0 Å². The van der Waals surface area contributed by atoms with Crippen LogP contribution in [-0.2, 0) is 19.7 Å². The lowest BCUT2D eigenvalue weighted by atomic mass is 10.3. The Labute approximate surface area is 77.1 Å². The molecule has 3 N–H and O–H groups in total. The summed E-state index contributed by atoms with van der Waals surface area (Å²) in [6, 6.07) is 0. The zero-order valence-electron chi connectivity index (χ0n) is 6.37. The van der Waals surface area contributed by atoms with Gasteiger partial charge in [0.25, 0.3) is 10.1 Å². The standard InChI is InChI=1S/C4H6O7S.H3P/c5-3(6)1-2(4(7)8)12(9,10)11;/h2H,1H2,(H,5,6)(H,7,8)(H,9,10,11);1H3. The van der Waals surface area contributed by atoms with E-state index in [0.29, 0.717) is 0 Å². The van der Waals surface area contributed by atoms with Crippen LogP contribution in [-0.4, -0.2) is 40.4 Å². The zero-order chi connectivity index (χ0) is 9.94. The fourth-order valence-electron chi connectivity index (χ4n) is 0.479. The van der Waals surface area contributed by atoms with Crippen molar-refractivity contribution < 1.29 is 32.8 Å². The molecular weight excluding hydrogens is 223 g/mol. The first-order chi connectivity index (χ1) is 5.25. The maximum absolute atomic E-state index is 10.2. The number of hydrogen-bond donors (Lipinski definition) is 3. The molecule has 13 heavy (non-hydrogen) atoms. The quantitative estimate of drug-likeness (QED) is 0.412. The number of hydrogen-bond acceptors (Lipinski definition) is 4. The summed E-state index contributed by atoms with van der Waals surface area (Å²) in [4.78, 5) is 20.0. The Morgan fingerprint density at radius 1 is 1.23 bits per heavy atom. The average molecular weight is 232 g/mol. The summed E-state index contributed by atoms with van der Waals surface area (Å²) >= 11 is 0. The van der Waals surface area contributed by atoms with Crippen LogP contribution >= 0.6 is 9.90 Å². The molecule has 0 saturated carbocycles.